The summed E-state index contributed by atoms with van der Waals surface area (Å²) in [4.78, 5) is 2.15. The molecule has 1 aromatic carbocycles. The van der Waals surface area contributed by atoms with Gasteiger partial charge in [-0.25, -0.2) is 0 Å². The Morgan fingerprint density at radius 1 is 1.42 bits per heavy atom. The van der Waals surface area contributed by atoms with Crippen molar-refractivity contribution in [3.05, 3.63) is 29.3 Å². The van der Waals surface area contributed by atoms with E-state index in [2.05, 4.69) is 30.0 Å². The second kappa shape index (κ2) is 5.22. The van der Waals surface area contributed by atoms with E-state index in [1.807, 2.05) is 20.2 Å². The fourth-order valence-electron chi connectivity index (χ4n) is 2.87. The topological polar surface area (TPSA) is 36.3 Å². The molecule has 1 atom stereocenters. The number of methoxy groups -OCH3 is 1. The monoisotopic (exact) mass is 258 g/mol. The lowest BCUT2D eigenvalue weighted by Crippen LogP contribution is -2.28. The molecular weight excluding hydrogens is 236 g/mol. The summed E-state index contributed by atoms with van der Waals surface area (Å²) >= 11 is 0. The highest BCUT2D eigenvalue weighted by Gasteiger charge is 2.52. The van der Waals surface area contributed by atoms with E-state index >= 15 is 0 Å². The maximum Gasteiger partial charge on any atom is 0.123 e. The first kappa shape index (κ1) is 13.9. The molecule has 0 amide bonds. The minimum Gasteiger partial charge on any atom is -0.496 e. The molecule has 0 aromatic heterocycles. The minimum atomic E-state index is -0.233. The van der Waals surface area contributed by atoms with E-state index in [4.69, 9.17) is 4.74 Å². The minimum absolute atomic E-state index is 0.110. The summed E-state index contributed by atoms with van der Waals surface area (Å²) in [5.74, 6) is 0.887. The van der Waals surface area contributed by atoms with Crippen LogP contribution in [0.15, 0.2) is 18.2 Å². The molecule has 0 spiro atoms. The van der Waals surface area contributed by atoms with Crippen LogP contribution >= 0.6 is 0 Å². The van der Waals surface area contributed by atoms with Gasteiger partial charge in [-0.1, -0.05) is 19.1 Å². The van der Waals surface area contributed by atoms with Crippen LogP contribution in [0.5, 0.6) is 5.75 Å². The summed E-state index contributed by atoms with van der Waals surface area (Å²) in [6, 6.07) is 8.95. The lowest BCUT2D eigenvalue weighted by molar-refractivity contribution is 0.225. The van der Waals surface area contributed by atoms with E-state index < -0.39 is 0 Å². The SMILES string of the molecule is CCc1ccc(OC)c(C(N(C)C)C2(C#N)CC2)c1. The van der Waals surface area contributed by atoms with E-state index in [9.17, 15) is 5.26 Å². The van der Waals surface area contributed by atoms with Gasteiger partial charge in [-0.15, -0.1) is 0 Å². The van der Waals surface area contributed by atoms with E-state index in [1.54, 1.807) is 7.11 Å². The van der Waals surface area contributed by atoms with Gasteiger partial charge >= 0.3 is 0 Å². The Morgan fingerprint density at radius 3 is 2.53 bits per heavy atom. The van der Waals surface area contributed by atoms with Gasteiger partial charge in [-0.05, 0) is 45.0 Å². The molecule has 3 heteroatoms. The normalized spacial score (nSPS) is 17.9. The number of nitriles is 1. The number of aryl methyl sites for hydroxylation is 1. The van der Waals surface area contributed by atoms with Gasteiger partial charge < -0.3 is 9.64 Å². The van der Waals surface area contributed by atoms with Crippen LogP contribution in [-0.4, -0.2) is 26.1 Å². The quantitative estimate of drug-likeness (QED) is 0.814. The van der Waals surface area contributed by atoms with E-state index in [-0.39, 0.29) is 11.5 Å². The molecule has 1 fully saturated rings. The first-order chi connectivity index (χ1) is 9.07. The molecule has 1 aliphatic carbocycles. The zero-order chi connectivity index (χ0) is 14.0. The number of nitrogens with zero attached hydrogens (tertiary/aromatic N) is 2. The lowest BCUT2D eigenvalue weighted by atomic mass is 9.88. The molecule has 1 saturated carbocycles. The van der Waals surface area contributed by atoms with Crippen molar-refractivity contribution < 1.29 is 4.74 Å². The predicted octanol–water partition coefficient (Wildman–Crippen LogP) is 3.16. The summed E-state index contributed by atoms with van der Waals surface area (Å²) in [6.45, 7) is 2.15. The molecule has 3 nitrogen and oxygen atoms in total. The van der Waals surface area contributed by atoms with Gasteiger partial charge in [0.1, 0.15) is 5.75 Å². The van der Waals surface area contributed by atoms with Gasteiger partial charge in [-0.2, -0.15) is 5.26 Å². The number of hydrogen-bond donors (Lipinski definition) is 0. The highest BCUT2D eigenvalue weighted by molar-refractivity contribution is 5.42. The van der Waals surface area contributed by atoms with Crippen LogP contribution in [0.1, 0.15) is 36.9 Å². The number of benzene rings is 1. The fraction of sp³-hybridized carbons (Fsp3) is 0.562. The Balaban J connectivity index is 2.50. The first-order valence-corrected chi connectivity index (χ1v) is 6.82. The van der Waals surface area contributed by atoms with Crippen molar-refractivity contribution in [3.8, 4) is 11.8 Å². The summed E-state index contributed by atoms with van der Waals surface area (Å²) in [5.41, 5.74) is 2.20. The van der Waals surface area contributed by atoms with Crippen molar-refractivity contribution in [1.82, 2.24) is 4.90 Å². The highest BCUT2D eigenvalue weighted by atomic mass is 16.5. The van der Waals surface area contributed by atoms with Gasteiger partial charge in [0.25, 0.3) is 0 Å². The van der Waals surface area contributed by atoms with Gasteiger partial charge in [-0.3, -0.25) is 0 Å². The molecule has 102 valence electrons. The Labute approximate surface area is 115 Å². The standard InChI is InChI=1S/C16H22N2O/c1-5-12-6-7-14(19-4)13(10-12)15(18(2)3)16(11-17)8-9-16/h6-7,10,15H,5,8-9H2,1-4H3. The Bertz CT molecular complexity index is 498. The Morgan fingerprint density at radius 2 is 2.11 bits per heavy atom. The maximum absolute atomic E-state index is 9.51. The first-order valence-electron chi connectivity index (χ1n) is 6.82. The zero-order valence-electron chi connectivity index (χ0n) is 12.2. The Kier molecular flexibility index (Phi) is 3.82. The van der Waals surface area contributed by atoms with Crippen molar-refractivity contribution in [2.75, 3.05) is 21.2 Å². The van der Waals surface area contributed by atoms with Gasteiger partial charge in [0.15, 0.2) is 0 Å². The fourth-order valence-corrected chi connectivity index (χ4v) is 2.87. The third-order valence-corrected chi connectivity index (χ3v) is 4.05. The molecule has 0 heterocycles. The van der Waals surface area contributed by atoms with Gasteiger partial charge in [0.05, 0.1) is 24.6 Å². The molecule has 1 aromatic rings. The van der Waals surface area contributed by atoms with E-state index in [0.717, 1.165) is 30.6 Å². The van der Waals surface area contributed by atoms with Crippen molar-refractivity contribution >= 4 is 0 Å². The van der Waals surface area contributed by atoms with Gasteiger partial charge in [0.2, 0.25) is 0 Å². The van der Waals surface area contributed by atoms with Crippen molar-refractivity contribution in [1.29, 1.82) is 5.26 Å². The smallest absolute Gasteiger partial charge is 0.123 e. The second-order valence-corrected chi connectivity index (χ2v) is 5.56. The van der Waals surface area contributed by atoms with Gasteiger partial charge in [0, 0.05) is 5.56 Å². The molecule has 1 unspecified atom stereocenters. The predicted molar refractivity (Wildman–Crippen MR) is 76.1 cm³/mol. The number of rotatable bonds is 5. The van der Waals surface area contributed by atoms with Crippen molar-refractivity contribution in [2.24, 2.45) is 5.41 Å². The Hall–Kier alpha value is -1.53. The summed E-state index contributed by atoms with van der Waals surface area (Å²) in [5, 5.41) is 9.51. The summed E-state index contributed by atoms with van der Waals surface area (Å²) < 4.78 is 5.51. The van der Waals surface area contributed by atoms with Crippen LogP contribution in [0.2, 0.25) is 0 Å². The van der Waals surface area contributed by atoms with Crippen LogP contribution in [0.4, 0.5) is 0 Å². The third-order valence-electron chi connectivity index (χ3n) is 4.05. The van der Waals surface area contributed by atoms with Crippen LogP contribution in [0.25, 0.3) is 0 Å². The van der Waals surface area contributed by atoms with Crippen molar-refractivity contribution in [3.63, 3.8) is 0 Å². The zero-order valence-corrected chi connectivity index (χ0v) is 12.2. The third kappa shape index (κ3) is 2.46. The number of hydrogen-bond acceptors (Lipinski definition) is 3. The second-order valence-electron chi connectivity index (χ2n) is 5.56. The molecule has 0 bridgehead atoms. The van der Waals surface area contributed by atoms with E-state index in [1.165, 1.54) is 5.56 Å². The highest BCUT2D eigenvalue weighted by Crippen LogP contribution is 2.57. The molecule has 1 aliphatic rings. The molecular formula is C16H22N2O. The van der Waals surface area contributed by atoms with Crippen LogP contribution in [0.3, 0.4) is 0 Å². The number of ether oxygens (including phenoxy) is 1. The molecule has 0 N–H and O–H groups in total. The van der Waals surface area contributed by atoms with E-state index in [0.29, 0.717) is 0 Å². The summed E-state index contributed by atoms with van der Waals surface area (Å²) in [7, 11) is 5.78. The lowest BCUT2D eigenvalue weighted by Gasteiger charge is -2.30. The summed E-state index contributed by atoms with van der Waals surface area (Å²) in [6.07, 6.45) is 2.95. The molecule has 0 radical (unpaired) electrons. The van der Waals surface area contributed by atoms with Crippen molar-refractivity contribution in [2.45, 2.75) is 32.2 Å². The molecule has 19 heavy (non-hydrogen) atoms. The molecule has 2 rings (SSSR count). The molecule has 0 saturated heterocycles. The average Bonchev–Trinajstić information content (AvgIpc) is 3.19. The largest absolute Gasteiger partial charge is 0.496 e. The average molecular weight is 258 g/mol. The maximum atomic E-state index is 9.51. The molecule has 0 aliphatic heterocycles. The van der Waals surface area contributed by atoms with Crippen LogP contribution < -0.4 is 4.74 Å². The van der Waals surface area contributed by atoms with Crippen LogP contribution in [-0.2, 0) is 6.42 Å². The van der Waals surface area contributed by atoms with Crippen LogP contribution in [0, 0.1) is 16.7 Å².